The minimum Gasteiger partial charge on any atom is -0.341 e. The molecule has 3 nitrogen and oxygen atoms in total. The van der Waals surface area contributed by atoms with Gasteiger partial charge in [-0.05, 0) is 26.8 Å². The molecule has 0 aliphatic carbocycles. The van der Waals surface area contributed by atoms with Crippen LogP contribution in [0.4, 0.5) is 0 Å². The molecule has 1 aromatic rings. The standard InChI is InChI=1S/C11H15N3.C2H6/c1-4-6-7-10(12-5-2)11-13-8-9(3)14-11;1-2/h4-8H,1-3H3,(H,13,14);1-2H3/b6-4-,10-7-,12-5?;. The van der Waals surface area contributed by atoms with Gasteiger partial charge in [-0.25, -0.2) is 4.98 Å². The van der Waals surface area contributed by atoms with Gasteiger partial charge in [-0.15, -0.1) is 0 Å². The maximum Gasteiger partial charge on any atom is 0.156 e. The number of aliphatic imine (C=N–C) groups is 1. The molecule has 88 valence electrons. The van der Waals surface area contributed by atoms with E-state index in [0.29, 0.717) is 0 Å². The zero-order valence-electron chi connectivity index (χ0n) is 10.8. The molecule has 1 aromatic heterocycles. The summed E-state index contributed by atoms with van der Waals surface area (Å²) in [6.45, 7) is 9.83. The van der Waals surface area contributed by atoms with Crippen molar-refractivity contribution < 1.29 is 0 Å². The van der Waals surface area contributed by atoms with Gasteiger partial charge in [0.1, 0.15) is 5.70 Å². The molecule has 0 aliphatic rings. The SMILES string of the molecule is CC.CC=N/C(=C\C=C/C)c1ncc(C)[nH]1. The van der Waals surface area contributed by atoms with Crippen molar-refractivity contribution >= 4 is 11.9 Å². The molecule has 0 saturated carbocycles. The first-order valence-electron chi connectivity index (χ1n) is 5.61. The van der Waals surface area contributed by atoms with Gasteiger partial charge in [-0.2, -0.15) is 0 Å². The van der Waals surface area contributed by atoms with Gasteiger partial charge < -0.3 is 4.98 Å². The summed E-state index contributed by atoms with van der Waals surface area (Å²) in [6, 6.07) is 0. The summed E-state index contributed by atoms with van der Waals surface area (Å²) in [5.74, 6) is 0.804. The van der Waals surface area contributed by atoms with Crippen LogP contribution in [-0.4, -0.2) is 16.2 Å². The Balaban J connectivity index is 0.00000106. The van der Waals surface area contributed by atoms with Crippen LogP contribution in [0.2, 0.25) is 0 Å². The lowest BCUT2D eigenvalue weighted by atomic mass is 10.3. The van der Waals surface area contributed by atoms with Crippen LogP contribution in [0.25, 0.3) is 5.70 Å². The summed E-state index contributed by atoms with van der Waals surface area (Å²) < 4.78 is 0. The van der Waals surface area contributed by atoms with E-state index in [4.69, 9.17) is 0 Å². The van der Waals surface area contributed by atoms with E-state index in [1.807, 2.05) is 52.8 Å². The van der Waals surface area contributed by atoms with E-state index < -0.39 is 0 Å². The normalized spacial score (nSPS) is 11.9. The fourth-order valence-corrected chi connectivity index (χ4v) is 1.05. The van der Waals surface area contributed by atoms with Gasteiger partial charge in [0.2, 0.25) is 0 Å². The van der Waals surface area contributed by atoms with Crippen molar-refractivity contribution in [2.24, 2.45) is 4.99 Å². The van der Waals surface area contributed by atoms with Gasteiger partial charge in [0.15, 0.2) is 5.82 Å². The zero-order chi connectivity index (χ0) is 12.4. The minimum absolute atomic E-state index is 0.804. The Morgan fingerprint density at radius 3 is 2.50 bits per heavy atom. The Morgan fingerprint density at radius 1 is 1.38 bits per heavy atom. The fourth-order valence-electron chi connectivity index (χ4n) is 1.05. The molecule has 0 atom stereocenters. The third-order valence-electron chi connectivity index (χ3n) is 1.66. The molecule has 0 aliphatic heterocycles. The highest BCUT2D eigenvalue weighted by atomic mass is 15.0. The summed E-state index contributed by atoms with van der Waals surface area (Å²) in [4.78, 5) is 11.6. The first kappa shape index (κ1) is 14.4. The maximum atomic E-state index is 4.24. The molecule has 1 N–H and O–H groups in total. The van der Waals surface area contributed by atoms with E-state index in [2.05, 4.69) is 15.0 Å². The molecular weight excluding hydrogens is 198 g/mol. The summed E-state index contributed by atoms with van der Waals surface area (Å²) in [5.41, 5.74) is 1.89. The molecule has 0 amide bonds. The lowest BCUT2D eigenvalue weighted by Gasteiger charge is -1.94. The predicted octanol–water partition coefficient (Wildman–Crippen LogP) is 3.75. The second-order valence-electron chi connectivity index (χ2n) is 2.88. The summed E-state index contributed by atoms with van der Waals surface area (Å²) in [5, 5.41) is 0. The molecule has 0 bridgehead atoms. The van der Waals surface area contributed by atoms with Crippen molar-refractivity contribution in [2.75, 3.05) is 0 Å². The van der Waals surface area contributed by atoms with Crippen LogP contribution in [0, 0.1) is 6.92 Å². The molecule has 0 fully saturated rings. The van der Waals surface area contributed by atoms with Gasteiger partial charge in [-0.1, -0.05) is 26.0 Å². The number of aromatic amines is 1. The topological polar surface area (TPSA) is 41.0 Å². The fraction of sp³-hybridized carbons (Fsp3) is 0.385. The average molecular weight is 219 g/mol. The highest BCUT2D eigenvalue weighted by molar-refractivity contribution is 5.70. The third-order valence-corrected chi connectivity index (χ3v) is 1.66. The van der Waals surface area contributed by atoms with Gasteiger partial charge in [0, 0.05) is 18.1 Å². The average Bonchev–Trinajstić information content (AvgIpc) is 2.74. The molecular formula is C13H21N3. The molecule has 1 rings (SSSR count). The molecule has 1 heterocycles. The Hall–Kier alpha value is -1.64. The molecule has 3 heteroatoms. The van der Waals surface area contributed by atoms with Crippen LogP contribution in [0.5, 0.6) is 0 Å². The minimum atomic E-state index is 0.804. The van der Waals surface area contributed by atoms with Gasteiger partial charge in [0.05, 0.1) is 0 Å². The number of hydrogen-bond acceptors (Lipinski definition) is 2. The molecule has 0 unspecified atom stereocenters. The number of aromatic nitrogens is 2. The van der Waals surface area contributed by atoms with Crippen molar-refractivity contribution in [3.05, 3.63) is 35.9 Å². The molecule has 0 aromatic carbocycles. The number of aryl methyl sites for hydroxylation is 1. The number of H-pyrrole nitrogens is 1. The predicted molar refractivity (Wildman–Crippen MR) is 71.6 cm³/mol. The molecule has 0 saturated heterocycles. The number of rotatable bonds is 3. The zero-order valence-corrected chi connectivity index (χ0v) is 10.8. The smallest absolute Gasteiger partial charge is 0.156 e. The van der Waals surface area contributed by atoms with Crippen LogP contribution in [0.3, 0.4) is 0 Å². The molecule has 0 radical (unpaired) electrons. The van der Waals surface area contributed by atoms with E-state index in [-0.39, 0.29) is 0 Å². The number of nitrogens with zero attached hydrogens (tertiary/aromatic N) is 2. The monoisotopic (exact) mass is 219 g/mol. The Bertz CT molecular complexity index is 370. The third kappa shape index (κ3) is 4.73. The van der Waals surface area contributed by atoms with Crippen molar-refractivity contribution in [3.8, 4) is 0 Å². The maximum absolute atomic E-state index is 4.24. The van der Waals surface area contributed by atoms with Crippen LogP contribution in [0.15, 0.2) is 29.4 Å². The number of allylic oxidation sites excluding steroid dienone is 3. The van der Waals surface area contributed by atoms with Crippen LogP contribution in [-0.2, 0) is 0 Å². The number of imidazole rings is 1. The van der Waals surface area contributed by atoms with Gasteiger partial charge in [-0.3, -0.25) is 4.99 Å². The van der Waals surface area contributed by atoms with E-state index in [9.17, 15) is 0 Å². The lowest BCUT2D eigenvalue weighted by molar-refractivity contribution is 1.19. The Labute approximate surface area is 98.0 Å². The molecule has 16 heavy (non-hydrogen) atoms. The Morgan fingerprint density at radius 2 is 2.06 bits per heavy atom. The summed E-state index contributed by atoms with van der Waals surface area (Å²) in [7, 11) is 0. The molecule has 0 spiro atoms. The van der Waals surface area contributed by atoms with E-state index >= 15 is 0 Å². The lowest BCUT2D eigenvalue weighted by Crippen LogP contribution is -1.84. The number of nitrogens with one attached hydrogen (secondary N) is 1. The van der Waals surface area contributed by atoms with Crippen LogP contribution >= 0.6 is 0 Å². The second-order valence-corrected chi connectivity index (χ2v) is 2.88. The van der Waals surface area contributed by atoms with Crippen LogP contribution < -0.4 is 0 Å². The summed E-state index contributed by atoms with van der Waals surface area (Å²) >= 11 is 0. The summed E-state index contributed by atoms with van der Waals surface area (Å²) in [6.07, 6.45) is 9.39. The first-order valence-corrected chi connectivity index (χ1v) is 5.61. The van der Waals surface area contributed by atoms with Crippen LogP contribution in [0.1, 0.15) is 39.2 Å². The quantitative estimate of drug-likeness (QED) is 0.610. The van der Waals surface area contributed by atoms with Crippen molar-refractivity contribution in [2.45, 2.75) is 34.6 Å². The number of hydrogen-bond donors (Lipinski definition) is 1. The van der Waals surface area contributed by atoms with Crippen molar-refractivity contribution in [3.63, 3.8) is 0 Å². The van der Waals surface area contributed by atoms with E-state index in [0.717, 1.165) is 17.2 Å². The van der Waals surface area contributed by atoms with E-state index in [1.165, 1.54) is 0 Å². The second kappa shape index (κ2) is 8.65. The largest absolute Gasteiger partial charge is 0.341 e. The van der Waals surface area contributed by atoms with Gasteiger partial charge in [0.25, 0.3) is 0 Å². The van der Waals surface area contributed by atoms with Gasteiger partial charge >= 0.3 is 0 Å². The van der Waals surface area contributed by atoms with E-state index in [1.54, 1.807) is 12.4 Å². The highest BCUT2D eigenvalue weighted by Crippen LogP contribution is 2.11. The first-order chi connectivity index (χ1) is 7.77. The van der Waals surface area contributed by atoms with Crippen molar-refractivity contribution in [1.82, 2.24) is 9.97 Å². The Kier molecular flexibility index (Phi) is 7.76. The van der Waals surface area contributed by atoms with Crippen molar-refractivity contribution in [1.29, 1.82) is 0 Å². The highest BCUT2D eigenvalue weighted by Gasteiger charge is 2.01.